The van der Waals surface area contributed by atoms with E-state index in [0.717, 1.165) is 5.51 Å². The molecular weight excluding hydrogens is 316 g/mol. The number of nitrogens with one attached hydrogen (secondary N) is 1. The lowest BCUT2D eigenvalue weighted by Gasteiger charge is -2.10. The van der Waals surface area contributed by atoms with Crippen LogP contribution in [-0.2, 0) is 19.9 Å². The molecule has 106 valence electrons. The Balaban J connectivity index is 2.24. The van der Waals surface area contributed by atoms with Crippen LogP contribution >= 0.6 is 11.3 Å². The molecule has 1 aromatic heterocycles. The lowest BCUT2D eigenvalue weighted by atomic mass is 10.3. The van der Waals surface area contributed by atoms with Crippen LogP contribution in [0, 0.1) is 0 Å². The van der Waals surface area contributed by atoms with Crippen LogP contribution in [-0.4, -0.2) is 50.4 Å². The first-order valence-electron chi connectivity index (χ1n) is 5.11. The summed E-state index contributed by atoms with van der Waals surface area (Å²) in [5.41, 5.74) is 0.557. The van der Waals surface area contributed by atoms with E-state index in [1.54, 1.807) is 0 Å². The normalized spacial score (nSPS) is 22.4. The Morgan fingerprint density at radius 3 is 2.74 bits per heavy atom. The van der Waals surface area contributed by atoms with Gasteiger partial charge in [0, 0.05) is 6.04 Å². The number of hydrogen-bond donors (Lipinski definition) is 2. The van der Waals surface area contributed by atoms with Gasteiger partial charge in [-0.3, -0.25) is 0 Å². The van der Waals surface area contributed by atoms with Gasteiger partial charge in [0.15, 0.2) is 19.7 Å². The molecule has 1 fully saturated rings. The maximum absolute atomic E-state index is 12.0. The molecule has 19 heavy (non-hydrogen) atoms. The van der Waals surface area contributed by atoms with Crippen molar-refractivity contribution >= 4 is 37.2 Å². The summed E-state index contributed by atoms with van der Waals surface area (Å²) < 4.78 is 48.3. The first kappa shape index (κ1) is 14.4. The number of sulfonamides is 1. The van der Waals surface area contributed by atoms with Crippen molar-refractivity contribution in [2.75, 3.05) is 11.5 Å². The molecule has 8 nitrogen and oxygen atoms in total. The van der Waals surface area contributed by atoms with Crippen LogP contribution < -0.4 is 4.72 Å². The van der Waals surface area contributed by atoms with Crippen LogP contribution in [0.15, 0.2) is 9.72 Å². The molecule has 0 saturated carbocycles. The van der Waals surface area contributed by atoms with E-state index in [2.05, 4.69) is 9.71 Å². The second-order valence-corrected chi connectivity index (χ2v) is 9.01. The van der Waals surface area contributed by atoms with Gasteiger partial charge in [0.05, 0.1) is 17.0 Å². The third-order valence-corrected chi connectivity index (χ3v) is 7.19. The SMILES string of the molecule is O=C(O)c1ncsc1S(=O)(=O)NC1CCS(=O)(=O)C1. The summed E-state index contributed by atoms with van der Waals surface area (Å²) in [6.07, 6.45) is 0.183. The van der Waals surface area contributed by atoms with E-state index in [-0.39, 0.29) is 17.9 Å². The van der Waals surface area contributed by atoms with E-state index in [1.807, 2.05) is 0 Å². The van der Waals surface area contributed by atoms with Crippen LogP contribution in [0.4, 0.5) is 0 Å². The number of hydrogen-bond acceptors (Lipinski definition) is 7. The Morgan fingerprint density at radius 2 is 2.21 bits per heavy atom. The van der Waals surface area contributed by atoms with E-state index in [1.165, 1.54) is 0 Å². The highest BCUT2D eigenvalue weighted by molar-refractivity contribution is 7.92. The molecule has 0 radical (unpaired) electrons. The Hall–Kier alpha value is -1.04. The zero-order valence-electron chi connectivity index (χ0n) is 9.44. The van der Waals surface area contributed by atoms with Crippen molar-refractivity contribution in [3.05, 3.63) is 11.2 Å². The number of carbonyl (C=O) groups is 1. The van der Waals surface area contributed by atoms with E-state index in [4.69, 9.17) is 5.11 Å². The fourth-order valence-corrected chi connectivity index (χ4v) is 5.94. The van der Waals surface area contributed by atoms with Gasteiger partial charge in [-0.2, -0.15) is 0 Å². The molecule has 0 spiro atoms. The van der Waals surface area contributed by atoms with Crippen LogP contribution in [0.1, 0.15) is 16.9 Å². The molecule has 2 heterocycles. The number of sulfone groups is 1. The molecule has 1 aliphatic rings. The molecule has 0 aromatic carbocycles. The van der Waals surface area contributed by atoms with E-state index in [0.29, 0.717) is 11.3 Å². The van der Waals surface area contributed by atoms with Crippen molar-refractivity contribution in [3.63, 3.8) is 0 Å². The van der Waals surface area contributed by atoms with E-state index >= 15 is 0 Å². The minimum atomic E-state index is -4.07. The molecule has 11 heteroatoms. The summed E-state index contributed by atoms with van der Waals surface area (Å²) in [5.74, 6) is -1.79. The molecular formula is C8H10N2O6S3. The highest BCUT2D eigenvalue weighted by Crippen LogP contribution is 2.22. The van der Waals surface area contributed by atoms with Gasteiger partial charge in [-0.05, 0) is 6.42 Å². The predicted molar refractivity (Wildman–Crippen MR) is 66.5 cm³/mol. The highest BCUT2D eigenvalue weighted by Gasteiger charge is 2.34. The number of aromatic carboxylic acids is 1. The largest absolute Gasteiger partial charge is 0.476 e. The maximum Gasteiger partial charge on any atom is 0.356 e. The van der Waals surface area contributed by atoms with Crippen molar-refractivity contribution < 1.29 is 26.7 Å². The summed E-state index contributed by atoms with van der Waals surface area (Å²) in [6, 6.07) is -0.723. The molecule has 0 bridgehead atoms. The monoisotopic (exact) mass is 326 g/mol. The number of carboxylic acids is 1. The Bertz CT molecular complexity index is 705. The zero-order valence-corrected chi connectivity index (χ0v) is 11.9. The van der Waals surface area contributed by atoms with Crippen LogP contribution in [0.3, 0.4) is 0 Å². The molecule has 1 unspecified atom stereocenters. The molecule has 2 rings (SSSR count). The average molecular weight is 326 g/mol. The summed E-state index contributed by atoms with van der Waals surface area (Å²) >= 11 is 0.676. The second kappa shape index (κ2) is 4.81. The van der Waals surface area contributed by atoms with Crippen LogP contribution in [0.25, 0.3) is 0 Å². The van der Waals surface area contributed by atoms with Crippen molar-refractivity contribution in [1.82, 2.24) is 9.71 Å². The molecule has 0 aliphatic carbocycles. The molecule has 2 N–H and O–H groups in total. The van der Waals surface area contributed by atoms with Gasteiger partial charge >= 0.3 is 5.97 Å². The number of rotatable bonds is 4. The van der Waals surface area contributed by atoms with Crippen molar-refractivity contribution in [2.24, 2.45) is 0 Å². The molecule has 1 aliphatic heterocycles. The minimum absolute atomic E-state index is 0.0747. The maximum atomic E-state index is 12.0. The van der Waals surface area contributed by atoms with Gasteiger partial charge in [0.2, 0.25) is 0 Å². The standard InChI is InChI=1S/C8H10N2O6S3/c11-7(12)6-8(17-4-9-6)19(15,16)10-5-1-2-18(13,14)3-5/h4-5,10H,1-3H2,(H,11,12). The van der Waals surface area contributed by atoms with E-state index in [9.17, 15) is 21.6 Å². The van der Waals surface area contributed by atoms with Gasteiger partial charge in [-0.15, -0.1) is 11.3 Å². The molecule has 1 atom stereocenters. The molecule has 0 amide bonds. The highest BCUT2D eigenvalue weighted by atomic mass is 32.2. The average Bonchev–Trinajstić information content (AvgIpc) is 2.84. The third-order valence-electron chi connectivity index (χ3n) is 2.54. The van der Waals surface area contributed by atoms with Gasteiger partial charge in [-0.1, -0.05) is 0 Å². The molecule has 1 saturated heterocycles. The fourth-order valence-electron chi connectivity index (χ4n) is 1.73. The fraction of sp³-hybridized carbons (Fsp3) is 0.500. The number of nitrogens with zero attached hydrogens (tertiary/aromatic N) is 1. The number of aromatic nitrogens is 1. The quantitative estimate of drug-likeness (QED) is 0.748. The van der Waals surface area contributed by atoms with Crippen molar-refractivity contribution in [1.29, 1.82) is 0 Å². The lowest BCUT2D eigenvalue weighted by molar-refractivity contribution is 0.0687. The molecule has 1 aromatic rings. The minimum Gasteiger partial charge on any atom is -0.476 e. The van der Waals surface area contributed by atoms with E-state index < -0.39 is 41.8 Å². The smallest absolute Gasteiger partial charge is 0.356 e. The summed E-state index contributed by atoms with van der Waals surface area (Å²) in [6.45, 7) is 0. The summed E-state index contributed by atoms with van der Waals surface area (Å²) in [5, 5.41) is 8.82. The third kappa shape index (κ3) is 3.11. The Labute approximate surface area is 113 Å². The Morgan fingerprint density at radius 1 is 1.53 bits per heavy atom. The summed E-state index contributed by atoms with van der Waals surface area (Å²) in [7, 11) is -7.28. The topological polar surface area (TPSA) is 130 Å². The van der Waals surface area contributed by atoms with Gasteiger partial charge in [0.25, 0.3) is 10.0 Å². The lowest BCUT2D eigenvalue weighted by Crippen LogP contribution is -2.35. The first-order valence-corrected chi connectivity index (χ1v) is 9.29. The summed E-state index contributed by atoms with van der Waals surface area (Å²) in [4.78, 5) is 14.3. The van der Waals surface area contributed by atoms with Crippen molar-refractivity contribution in [3.8, 4) is 0 Å². The van der Waals surface area contributed by atoms with Gasteiger partial charge < -0.3 is 5.11 Å². The predicted octanol–water partition coefficient (Wildman–Crippen LogP) is -0.693. The first-order chi connectivity index (χ1) is 8.71. The number of carboxylic acid groups (broad SMARTS) is 1. The Kier molecular flexibility index (Phi) is 3.64. The second-order valence-electron chi connectivity index (χ2n) is 4.01. The van der Waals surface area contributed by atoms with Crippen molar-refractivity contribution in [2.45, 2.75) is 16.7 Å². The van der Waals surface area contributed by atoms with Gasteiger partial charge in [-0.25, -0.2) is 31.3 Å². The van der Waals surface area contributed by atoms with Crippen LogP contribution in [0.2, 0.25) is 0 Å². The number of thiazole rings is 1. The zero-order chi connectivity index (χ0) is 14.3. The van der Waals surface area contributed by atoms with Crippen LogP contribution in [0.5, 0.6) is 0 Å². The van der Waals surface area contributed by atoms with Gasteiger partial charge in [0.1, 0.15) is 0 Å².